The molecule has 0 radical (unpaired) electrons. The van der Waals surface area contributed by atoms with E-state index in [1.54, 1.807) is 0 Å². The van der Waals surface area contributed by atoms with E-state index in [0.717, 1.165) is 25.2 Å². The van der Waals surface area contributed by atoms with E-state index in [4.69, 9.17) is 5.73 Å². The Kier molecular flexibility index (Phi) is 5.26. The Morgan fingerprint density at radius 1 is 1.16 bits per heavy atom. The molecule has 1 amide bonds. The fraction of sp³-hybridized carbons (Fsp3) is 0.938. The van der Waals surface area contributed by atoms with Gasteiger partial charge in [-0.1, -0.05) is 20.3 Å². The predicted molar refractivity (Wildman–Crippen MR) is 78.7 cm³/mol. The second kappa shape index (κ2) is 6.74. The van der Waals surface area contributed by atoms with Crippen LogP contribution in [-0.2, 0) is 4.79 Å². The Balaban J connectivity index is 1.78. The van der Waals surface area contributed by atoms with Gasteiger partial charge in [0.1, 0.15) is 0 Å². The molecule has 0 heterocycles. The molecule has 19 heavy (non-hydrogen) atoms. The summed E-state index contributed by atoms with van der Waals surface area (Å²) in [6.07, 6.45) is 9.18. The van der Waals surface area contributed by atoms with Gasteiger partial charge in [-0.25, -0.2) is 0 Å². The summed E-state index contributed by atoms with van der Waals surface area (Å²) in [6.45, 7) is 4.45. The third-order valence-corrected chi connectivity index (χ3v) is 5.32. The summed E-state index contributed by atoms with van der Waals surface area (Å²) >= 11 is 0. The van der Waals surface area contributed by atoms with Gasteiger partial charge in [0, 0.05) is 18.0 Å². The maximum atomic E-state index is 12.4. The van der Waals surface area contributed by atoms with Gasteiger partial charge in [0.2, 0.25) is 5.91 Å². The molecule has 3 N–H and O–H groups in total. The van der Waals surface area contributed by atoms with E-state index in [9.17, 15) is 4.79 Å². The molecule has 2 aliphatic carbocycles. The van der Waals surface area contributed by atoms with Gasteiger partial charge < -0.3 is 11.1 Å². The van der Waals surface area contributed by atoms with Gasteiger partial charge in [0.25, 0.3) is 0 Å². The minimum atomic E-state index is 0.198. The molecular formula is C16H30N2O. The van der Waals surface area contributed by atoms with Crippen molar-refractivity contribution < 1.29 is 4.79 Å². The number of nitrogens with two attached hydrogens (primary N) is 1. The quantitative estimate of drug-likeness (QED) is 0.825. The molecular weight excluding hydrogens is 236 g/mol. The lowest BCUT2D eigenvalue weighted by molar-refractivity contribution is -0.128. The van der Waals surface area contributed by atoms with Crippen molar-refractivity contribution in [3.05, 3.63) is 0 Å². The van der Waals surface area contributed by atoms with E-state index < -0.39 is 0 Å². The van der Waals surface area contributed by atoms with Crippen molar-refractivity contribution in [2.45, 2.75) is 77.3 Å². The topological polar surface area (TPSA) is 55.1 Å². The lowest BCUT2D eigenvalue weighted by atomic mass is 9.77. The second-order valence-electron chi connectivity index (χ2n) is 6.79. The highest BCUT2D eigenvalue weighted by atomic mass is 16.1. The average Bonchev–Trinajstić information content (AvgIpc) is 2.39. The first-order chi connectivity index (χ1) is 9.10. The first-order valence-electron chi connectivity index (χ1n) is 8.16. The van der Waals surface area contributed by atoms with Crippen LogP contribution in [0.25, 0.3) is 0 Å². The van der Waals surface area contributed by atoms with Crippen LogP contribution in [0.2, 0.25) is 0 Å². The Hall–Kier alpha value is -0.570. The van der Waals surface area contributed by atoms with Gasteiger partial charge in [-0.3, -0.25) is 4.79 Å². The summed E-state index contributed by atoms with van der Waals surface area (Å²) in [5, 5.41) is 3.30. The highest BCUT2D eigenvalue weighted by Crippen LogP contribution is 2.31. The van der Waals surface area contributed by atoms with Gasteiger partial charge in [-0.15, -0.1) is 0 Å². The summed E-state index contributed by atoms with van der Waals surface area (Å²) in [5.41, 5.74) is 5.97. The summed E-state index contributed by atoms with van der Waals surface area (Å²) in [6, 6.07) is 0.733. The third kappa shape index (κ3) is 3.95. The Morgan fingerprint density at radius 2 is 1.84 bits per heavy atom. The highest BCUT2D eigenvalue weighted by molar-refractivity contribution is 5.79. The number of hydrogen-bond acceptors (Lipinski definition) is 2. The minimum absolute atomic E-state index is 0.198. The lowest BCUT2D eigenvalue weighted by Gasteiger charge is -2.34. The summed E-state index contributed by atoms with van der Waals surface area (Å²) in [7, 11) is 0. The smallest absolute Gasteiger partial charge is 0.223 e. The molecule has 0 aromatic heterocycles. The monoisotopic (exact) mass is 266 g/mol. The Morgan fingerprint density at radius 3 is 2.42 bits per heavy atom. The van der Waals surface area contributed by atoms with Crippen LogP contribution in [0.3, 0.4) is 0 Å². The number of rotatable bonds is 3. The molecule has 2 rings (SSSR count). The van der Waals surface area contributed by atoms with Gasteiger partial charge in [0.15, 0.2) is 0 Å². The van der Waals surface area contributed by atoms with E-state index in [2.05, 4.69) is 19.2 Å². The molecule has 0 aliphatic heterocycles. The van der Waals surface area contributed by atoms with Crippen molar-refractivity contribution in [3.8, 4) is 0 Å². The standard InChI is InChI=1S/C16H30N2O/c1-3-12-4-7-14(8-5-12)18-16(19)15-9-6-13(17)10-11(15)2/h11-15H,3-10,17H2,1-2H3,(H,18,19). The van der Waals surface area contributed by atoms with Crippen LogP contribution in [0.5, 0.6) is 0 Å². The normalized spacial score (nSPS) is 39.8. The molecule has 2 saturated carbocycles. The molecule has 3 atom stereocenters. The van der Waals surface area contributed by atoms with Gasteiger partial charge in [0.05, 0.1) is 0 Å². The van der Waals surface area contributed by atoms with E-state index in [1.807, 2.05) is 0 Å². The van der Waals surface area contributed by atoms with Crippen LogP contribution < -0.4 is 11.1 Å². The third-order valence-electron chi connectivity index (χ3n) is 5.32. The zero-order chi connectivity index (χ0) is 13.8. The fourth-order valence-electron chi connectivity index (χ4n) is 3.85. The van der Waals surface area contributed by atoms with Gasteiger partial charge in [-0.2, -0.15) is 0 Å². The molecule has 0 aromatic rings. The summed E-state index contributed by atoms with van der Waals surface area (Å²) < 4.78 is 0. The van der Waals surface area contributed by atoms with Crippen LogP contribution in [0, 0.1) is 17.8 Å². The van der Waals surface area contributed by atoms with E-state index in [-0.39, 0.29) is 5.92 Å². The Bertz CT molecular complexity index is 297. The molecule has 0 saturated heterocycles. The van der Waals surface area contributed by atoms with Gasteiger partial charge in [-0.05, 0) is 56.8 Å². The first kappa shape index (κ1) is 14.8. The highest BCUT2D eigenvalue weighted by Gasteiger charge is 2.32. The van der Waals surface area contributed by atoms with Crippen LogP contribution in [0.1, 0.15) is 65.2 Å². The summed E-state index contributed by atoms with van der Waals surface area (Å²) in [4.78, 5) is 12.4. The molecule has 110 valence electrons. The van der Waals surface area contributed by atoms with E-state index in [1.165, 1.54) is 32.1 Å². The number of nitrogens with one attached hydrogen (secondary N) is 1. The van der Waals surface area contributed by atoms with Crippen molar-refractivity contribution in [2.75, 3.05) is 0 Å². The number of amides is 1. The zero-order valence-corrected chi connectivity index (χ0v) is 12.5. The Labute approximate surface area is 117 Å². The molecule has 3 heteroatoms. The van der Waals surface area contributed by atoms with Crippen molar-refractivity contribution in [1.29, 1.82) is 0 Å². The van der Waals surface area contributed by atoms with Crippen LogP contribution in [0.15, 0.2) is 0 Å². The molecule has 0 spiro atoms. The maximum absolute atomic E-state index is 12.4. The van der Waals surface area contributed by atoms with Crippen LogP contribution in [-0.4, -0.2) is 18.0 Å². The predicted octanol–water partition coefficient (Wildman–Crippen LogP) is 2.83. The van der Waals surface area contributed by atoms with E-state index >= 15 is 0 Å². The average molecular weight is 266 g/mol. The summed E-state index contributed by atoms with van der Waals surface area (Å²) in [5.74, 6) is 1.82. The largest absolute Gasteiger partial charge is 0.353 e. The van der Waals surface area contributed by atoms with Gasteiger partial charge >= 0.3 is 0 Å². The van der Waals surface area contributed by atoms with Crippen LogP contribution >= 0.6 is 0 Å². The second-order valence-corrected chi connectivity index (χ2v) is 6.79. The first-order valence-corrected chi connectivity index (χ1v) is 8.16. The zero-order valence-electron chi connectivity index (χ0n) is 12.5. The molecule has 0 bridgehead atoms. The molecule has 3 nitrogen and oxygen atoms in total. The van der Waals surface area contributed by atoms with Crippen molar-refractivity contribution in [1.82, 2.24) is 5.32 Å². The fourth-order valence-corrected chi connectivity index (χ4v) is 3.85. The molecule has 0 aromatic carbocycles. The SMILES string of the molecule is CCC1CCC(NC(=O)C2CCC(N)CC2C)CC1. The molecule has 3 unspecified atom stereocenters. The minimum Gasteiger partial charge on any atom is -0.353 e. The van der Waals surface area contributed by atoms with E-state index in [0.29, 0.717) is 23.9 Å². The van der Waals surface area contributed by atoms with Crippen molar-refractivity contribution in [2.24, 2.45) is 23.5 Å². The van der Waals surface area contributed by atoms with Crippen molar-refractivity contribution >= 4 is 5.91 Å². The molecule has 2 aliphatic rings. The van der Waals surface area contributed by atoms with Crippen molar-refractivity contribution in [3.63, 3.8) is 0 Å². The number of hydrogen-bond donors (Lipinski definition) is 2. The van der Waals surface area contributed by atoms with Crippen LogP contribution in [0.4, 0.5) is 0 Å². The maximum Gasteiger partial charge on any atom is 0.223 e. The number of carbonyl (C=O) groups is 1. The lowest BCUT2D eigenvalue weighted by Crippen LogP contribution is -2.45. The number of carbonyl (C=O) groups excluding carboxylic acids is 1. The molecule has 2 fully saturated rings.